The van der Waals surface area contributed by atoms with Gasteiger partial charge >= 0.3 is 5.97 Å². The van der Waals surface area contributed by atoms with Gasteiger partial charge in [0.15, 0.2) is 0 Å². The second-order valence-electron chi connectivity index (χ2n) is 2.73. The third-order valence-corrected chi connectivity index (χ3v) is 1.76. The van der Waals surface area contributed by atoms with Gasteiger partial charge in [0, 0.05) is 6.08 Å². The van der Waals surface area contributed by atoms with Crippen LogP contribution < -0.4 is 0 Å². The SMILES string of the molecule is C=Cc1cccc(C=CC(=O)OC)c1. The van der Waals surface area contributed by atoms with E-state index < -0.39 is 0 Å². The van der Waals surface area contributed by atoms with Gasteiger partial charge in [0.05, 0.1) is 7.11 Å². The summed E-state index contributed by atoms with van der Waals surface area (Å²) in [6, 6.07) is 7.70. The molecule has 0 spiro atoms. The number of carbonyl (C=O) groups is 1. The molecule has 0 saturated heterocycles. The van der Waals surface area contributed by atoms with Crippen LogP contribution in [0.5, 0.6) is 0 Å². The minimum absolute atomic E-state index is 0.353. The lowest BCUT2D eigenvalue weighted by molar-refractivity contribution is -0.134. The van der Waals surface area contributed by atoms with Gasteiger partial charge in [-0.1, -0.05) is 30.9 Å². The summed E-state index contributed by atoms with van der Waals surface area (Å²) in [4.78, 5) is 10.8. The van der Waals surface area contributed by atoms with Crippen molar-refractivity contribution in [2.24, 2.45) is 0 Å². The van der Waals surface area contributed by atoms with E-state index >= 15 is 0 Å². The topological polar surface area (TPSA) is 26.3 Å². The van der Waals surface area contributed by atoms with Crippen LogP contribution in [0.3, 0.4) is 0 Å². The van der Waals surface area contributed by atoms with Gasteiger partial charge in [-0.2, -0.15) is 0 Å². The zero-order valence-electron chi connectivity index (χ0n) is 8.07. The molecule has 1 aromatic rings. The number of hydrogen-bond donors (Lipinski definition) is 0. The molecule has 1 aromatic carbocycles. The van der Waals surface area contributed by atoms with Crippen molar-refractivity contribution >= 4 is 18.1 Å². The largest absolute Gasteiger partial charge is 0.466 e. The van der Waals surface area contributed by atoms with Gasteiger partial charge in [-0.15, -0.1) is 0 Å². The highest BCUT2D eigenvalue weighted by molar-refractivity contribution is 5.87. The lowest BCUT2D eigenvalue weighted by atomic mass is 10.1. The molecule has 2 nitrogen and oxygen atoms in total. The van der Waals surface area contributed by atoms with E-state index in [9.17, 15) is 4.79 Å². The van der Waals surface area contributed by atoms with Crippen molar-refractivity contribution in [1.29, 1.82) is 0 Å². The molecule has 14 heavy (non-hydrogen) atoms. The molecule has 2 heteroatoms. The highest BCUT2D eigenvalue weighted by Crippen LogP contribution is 2.07. The van der Waals surface area contributed by atoms with Crippen molar-refractivity contribution in [2.75, 3.05) is 7.11 Å². The summed E-state index contributed by atoms with van der Waals surface area (Å²) in [5, 5.41) is 0. The van der Waals surface area contributed by atoms with Crippen LogP contribution in [0, 0.1) is 0 Å². The second kappa shape index (κ2) is 5.02. The molecule has 72 valence electrons. The maximum absolute atomic E-state index is 10.8. The molecule has 0 N–H and O–H groups in total. The first kappa shape index (κ1) is 10.3. The molecule has 0 heterocycles. The Bertz CT molecular complexity index is 364. The first-order valence-corrected chi connectivity index (χ1v) is 4.25. The van der Waals surface area contributed by atoms with Crippen molar-refractivity contribution in [3.8, 4) is 0 Å². The monoisotopic (exact) mass is 188 g/mol. The number of methoxy groups -OCH3 is 1. The van der Waals surface area contributed by atoms with Crippen molar-refractivity contribution < 1.29 is 9.53 Å². The number of hydrogen-bond acceptors (Lipinski definition) is 2. The number of benzene rings is 1. The summed E-state index contributed by atoms with van der Waals surface area (Å²) in [7, 11) is 1.35. The van der Waals surface area contributed by atoms with E-state index in [4.69, 9.17) is 0 Å². The first-order valence-electron chi connectivity index (χ1n) is 4.25. The normalized spacial score (nSPS) is 10.1. The average Bonchev–Trinajstić information content (AvgIpc) is 2.26. The van der Waals surface area contributed by atoms with Crippen molar-refractivity contribution in [3.63, 3.8) is 0 Å². The fraction of sp³-hybridized carbons (Fsp3) is 0.0833. The molecular weight excluding hydrogens is 176 g/mol. The quantitative estimate of drug-likeness (QED) is 0.538. The van der Waals surface area contributed by atoms with Crippen molar-refractivity contribution in [1.82, 2.24) is 0 Å². The molecule has 0 fully saturated rings. The maximum Gasteiger partial charge on any atom is 0.330 e. The molecule has 0 aliphatic rings. The predicted octanol–water partition coefficient (Wildman–Crippen LogP) is 2.52. The minimum atomic E-state index is -0.353. The number of ether oxygens (including phenoxy) is 1. The standard InChI is InChI=1S/C12H12O2/c1-3-10-5-4-6-11(9-10)7-8-12(13)14-2/h3-9H,1H2,2H3. The molecule has 0 radical (unpaired) electrons. The van der Waals surface area contributed by atoms with E-state index in [0.717, 1.165) is 11.1 Å². The number of carbonyl (C=O) groups excluding carboxylic acids is 1. The van der Waals surface area contributed by atoms with Crippen LogP contribution in [-0.2, 0) is 9.53 Å². The summed E-state index contributed by atoms with van der Waals surface area (Å²) >= 11 is 0. The summed E-state index contributed by atoms with van der Waals surface area (Å²) in [5.41, 5.74) is 1.98. The van der Waals surface area contributed by atoms with Crippen LogP contribution in [0.2, 0.25) is 0 Å². The minimum Gasteiger partial charge on any atom is -0.466 e. The van der Waals surface area contributed by atoms with Crippen molar-refractivity contribution in [2.45, 2.75) is 0 Å². The van der Waals surface area contributed by atoms with E-state index in [-0.39, 0.29) is 5.97 Å². The molecule has 0 aliphatic carbocycles. The molecule has 1 rings (SSSR count). The van der Waals surface area contributed by atoms with Gasteiger partial charge in [-0.25, -0.2) is 4.79 Å². The van der Waals surface area contributed by atoms with Gasteiger partial charge in [0.2, 0.25) is 0 Å². The number of esters is 1. The number of rotatable bonds is 3. The highest BCUT2D eigenvalue weighted by atomic mass is 16.5. The van der Waals surface area contributed by atoms with E-state index in [1.165, 1.54) is 13.2 Å². The molecule has 0 saturated carbocycles. The van der Waals surface area contributed by atoms with Gasteiger partial charge in [0.25, 0.3) is 0 Å². The summed E-state index contributed by atoms with van der Waals surface area (Å²) in [6.07, 6.45) is 4.86. The lowest BCUT2D eigenvalue weighted by Crippen LogP contribution is -1.93. The molecule has 0 atom stereocenters. The summed E-state index contributed by atoms with van der Waals surface area (Å²) < 4.78 is 4.48. The molecule has 0 aliphatic heterocycles. The van der Waals surface area contributed by atoms with Crippen LogP contribution in [0.1, 0.15) is 11.1 Å². The Kier molecular flexibility index (Phi) is 3.68. The van der Waals surface area contributed by atoms with Crippen molar-refractivity contribution in [3.05, 3.63) is 48.0 Å². The first-order chi connectivity index (χ1) is 6.76. The van der Waals surface area contributed by atoms with Crippen LogP contribution in [0.15, 0.2) is 36.9 Å². The Labute approximate surface area is 83.5 Å². The van der Waals surface area contributed by atoms with Crippen LogP contribution in [0.25, 0.3) is 12.2 Å². The summed E-state index contributed by atoms with van der Waals surface area (Å²) in [5.74, 6) is -0.353. The Morgan fingerprint density at radius 2 is 2.14 bits per heavy atom. The molecule has 0 unspecified atom stereocenters. The fourth-order valence-corrected chi connectivity index (χ4v) is 1.02. The van der Waals surface area contributed by atoms with Gasteiger partial charge in [-0.05, 0) is 23.3 Å². The third-order valence-electron chi connectivity index (χ3n) is 1.76. The van der Waals surface area contributed by atoms with Crippen LogP contribution in [-0.4, -0.2) is 13.1 Å². The van der Waals surface area contributed by atoms with E-state index in [1.54, 1.807) is 12.2 Å². The lowest BCUT2D eigenvalue weighted by Gasteiger charge is -1.95. The summed E-state index contributed by atoms with van der Waals surface area (Å²) in [6.45, 7) is 3.67. The Morgan fingerprint density at radius 1 is 1.43 bits per heavy atom. The predicted molar refractivity (Wildman–Crippen MR) is 57.6 cm³/mol. The molecule has 0 aromatic heterocycles. The van der Waals surface area contributed by atoms with E-state index in [2.05, 4.69) is 11.3 Å². The van der Waals surface area contributed by atoms with E-state index in [0.29, 0.717) is 0 Å². The second-order valence-corrected chi connectivity index (χ2v) is 2.73. The fourth-order valence-electron chi connectivity index (χ4n) is 1.02. The zero-order chi connectivity index (χ0) is 10.4. The van der Waals surface area contributed by atoms with Gasteiger partial charge < -0.3 is 4.74 Å². The Morgan fingerprint density at radius 3 is 2.79 bits per heavy atom. The smallest absolute Gasteiger partial charge is 0.330 e. The van der Waals surface area contributed by atoms with Gasteiger partial charge in [-0.3, -0.25) is 0 Å². The van der Waals surface area contributed by atoms with Gasteiger partial charge in [0.1, 0.15) is 0 Å². The Balaban J connectivity index is 2.81. The molecule has 0 bridgehead atoms. The third kappa shape index (κ3) is 2.90. The average molecular weight is 188 g/mol. The molecule has 0 amide bonds. The van der Waals surface area contributed by atoms with Crippen LogP contribution in [0.4, 0.5) is 0 Å². The molecular formula is C12H12O2. The Hall–Kier alpha value is -1.83. The maximum atomic E-state index is 10.8. The van der Waals surface area contributed by atoms with E-state index in [1.807, 2.05) is 24.3 Å². The highest BCUT2D eigenvalue weighted by Gasteiger charge is 1.92. The van der Waals surface area contributed by atoms with Crippen LogP contribution >= 0.6 is 0 Å². The zero-order valence-corrected chi connectivity index (χ0v) is 8.07.